The minimum atomic E-state index is -0.466. The molecule has 0 atom stereocenters. The van der Waals surface area contributed by atoms with Gasteiger partial charge in [0.2, 0.25) is 5.91 Å². The van der Waals surface area contributed by atoms with Gasteiger partial charge in [-0.3, -0.25) is 4.79 Å². The molecule has 0 bridgehead atoms. The van der Waals surface area contributed by atoms with Gasteiger partial charge in [0.1, 0.15) is 0 Å². The van der Waals surface area contributed by atoms with E-state index in [1.165, 1.54) is 7.11 Å². The summed E-state index contributed by atoms with van der Waals surface area (Å²) < 4.78 is 9.76. The van der Waals surface area contributed by atoms with E-state index in [0.29, 0.717) is 30.0 Å². The van der Waals surface area contributed by atoms with Crippen molar-refractivity contribution in [1.29, 1.82) is 0 Å². The largest absolute Gasteiger partial charge is 0.465 e. The van der Waals surface area contributed by atoms with Crippen LogP contribution in [0.4, 0.5) is 11.4 Å². The Morgan fingerprint density at radius 2 is 1.72 bits per heavy atom. The first kappa shape index (κ1) is 21.9. The predicted octanol–water partition coefficient (Wildman–Crippen LogP) is 3.42. The first-order chi connectivity index (χ1) is 13.9. The Hall–Kier alpha value is -3.35. The summed E-state index contributed by atoms with van der Waals surface area (Å²) >= 11 is 0. The lowest BCUT2D eigenvalue weighted by molar-refractivity contribution is -0.115. The van der Waals surface area contributed by atoms with Crippen LogP contribution in [0.25, 0.3) is 0 Å². The third-order valence-corrected chi connectivity index (χ3v) is 4.37. The Kier molecular flexibility index (Phi) is 7.77. The van der Waals surface area contributed by atoms with E-state index in [9.17, 15) is 14.4 Å². The van der Waals surface area contributed by atoms with Crippen LogP contribution in [0.15, 0.2) is 42.5 Å². The Morgan fingerprint density at radius 1 is 1.00 bits per heavy atom. The van der Waals surface area contributed by atoms with Crippen LogP contribution in [-0.2, 0) is 14.3 Å². The standard InChI is InChI=1S/C22H26N2O5/c1-5-24(18-9-7-8-16(12-18)22(27)29-6-2)14-20(25)23-19-13-17(21(26)28-4)11-10-15(19)3/h7-13H,5-6,14H2,1-4H3,(H,23,25). The van der Waals surface area contributed by atoms with Gasteiger partial charge in [-0.05, 0) is 56.7 Å². The fourth-order valence-corrected chi connectivity index (χ4v) is 2.79. The molecule has 0 fully saturated rings. The fraction of sp³-hybridized carbons (Fsp3) is 0.318. The molecule has 0 aromatic heterocycles. The van der Waals surface area contributed by atoms with E-state index in [0.717, 1.165) is 11.3 Å². The summed E-state index contributed by atoms with van der Waals surface area (Å²) in [5.74, 6) is -1.10. The van der Waals surface area contributed by atoms with Crippen molar-refractivity contribution >= 4 is 29.2 Å². The van der Waals surface area contributed by atoms with Crippen LogP contribution in [0.3, 0.4) is 0 Å². The maximum atomic E-state index is 12.6. The molecular weight excluding hydrogens is 372 g/mol. The van der Waals surface area contributed by atoms with Crippen LogP contribution in [-0.4, -0.2) is 44.7 Å². The summed E-state index contributed by atoms with van der Waals surface area (Å²) in [5.41, 5.74) is 2.92. The Morgan fingerprint density at radius 3 is 2.38 bits per heavy atom. The van der Waals surface area contributed by atoms with Crippen molar-refractivity contribution in [2.45, 2.75) is 20.8 Å². The average Bonchev–Trinajstić information content (AvgIpc) is 2.73. The van der Waals surface area contributed by atoms with Gasteiger partial charge < -0.3 is 19.7 Å². The molecule has 0 aliphatic rings. The molecule has 0 heterocycles. The molecule has 1 amide bonds. The number of methoxy groups -OCH3 is 1. The van der Waals surface area contributed by atoms with E-state index >= 15 is 0 Å². The molecular formula is C22H26N2O5. The quantitative estimate of drug-likeness (QED) is 0.686. The van der Waals surface area contributed by atoms with Gasteiger partial charge in [-0.25, -0.2) is 9.59 Å². The van der Waals surface area contributed by atoms with Gasteiger partial charge in [0, 0.05) is 17.9 Å². The molecule has 0 unspecified atom stereocenters. The number of hydrogen-bond donors (Lipinski definition) is 1. The van der Waals surface area contributed by atoms with Crippen LogP contribution in [0.5, 0.6) is 0 Å². The van der Waals surface area contributed by atoms with E-state index in [4.69, 9.17) is 9.47 Å². The van der Waals surface area contributed by atoms with E-state index in [-0.39, 0.29) is 12.5 Å². The molecule has 29 heavy (non-hydrogen) atoms. The molecule has 2 rings (SSSR count). The highest BCUT2D eigenvalue weighted by Crippen LogP contribution is 2.19. The smallest absolute Gasteiger partial charge is 0.338 e. The number of nitrogens with zero attached hydrogens (tertiary/aromatic N) is 1. The van der Waals surface area contributed by atoms with Crippen LogP contribution >= 0.6 is 0 Å². The second-order valence-corrected chi connectivity index (χ2v) is 6.35. The second kappa shape index (κ2) is 10.3. The number of aryl methyl sites for hydroxylation is 1. The number of hydrogen-bond acceptors (Lipinski definition) is 6. The summed E-state index contributed by atoms with van der Waals surface area (Å²) in [4.78, 5) is 38.2. The van der Waals surface area contributed by atoms with E-state index in [1.54, 1.807) is 43.3 Å². The number of benzene rings is 2. The number of ether oxygens (including phenoxy) is 2. The molecule has 0 spiro atoms. The summed E-state index contributed by atoms with van der Waals surface area (Å²) in [7, 11) is 1.31. The number of carbonyl (C=O) groups excluding carboxylic acids is 3. The van der Waals surface area contributed by atoms with Crippen LogP contribution < -0.4 is 10.2 Å². The fourth-order valence-electron chi connectivity index (χ4n) is 2.79. The minimum Gasteiger partial charge on any atom is -0.465 e. The monoisotopic (exact) mass is 398 g/mol. The molecule has 2 aromatic rings. The Balaban J connectivity index is 2.14. The lowest BCUT2D eigenvalue weighted by atomic mass is 10.1. The number of esters is 2. The Labute approximate surface area is 170 Å². The number of amides is 1. The zero-order valence-electron chi connectivity index (χ0n) is 17.2. The van der Waals surface area contributed by atoms with Crippen molar-refractivity contribution in [3.05, 3.63) is 59.2 Å². The van der Waals surface area contributed by atoms with Crippen molar-refractivity contribution in [2.24, 2.45) is 0 Å². The zero-order valence-corrected chi connectivity index (χ0v) is 17.2. The summed E-state index contributed by atoms with van der Waals surface area (Å²) in [6.45, 7) is 6.48. The maximum absolute atomic E-state index is 12.6. The zero-order chi connectivity index (χ0) is 21.4. The third kappa shape index (κ3) is 5.81. The highest BCUT2D eigenvalue weighted by molar-refractivity contribution is 5.97. The maximum Gasteiger partial charge on any atom is 0.338 e. The number of rotatable bonds is 8. The number of likely N-dealkylation sites (N-methyl/N-ethyl adjacent to an activating group) is 1. The highest BCUT2D eigenvalue weighted by Gasteiger charge is 2.15. The van der Waals surface area contributed by atoms with Gasteiger partial charge in [-0.1, -0.05) is 12.1 Å². The van der Waals surface area contributed by atoms with Gasteiger partial charge in [0.25, 0.3) is 0 Å². The summed E-state index contributed by atoms with van der Waals surface area (Å²) in [6.07, 6.45) is 0. The second-order valence-electron chi connectivity index (χ2n) is 6.35. The van der Waals surface area contributed by atoms with E-state index in [1.807, 2.05) is 24.8 Å². The Bertz CT molecular complexity index is 895. The van der Waals surface area contributed by atoms with Crippen LogP contribution in [0, 0.1) is 6.92 Å². The van der Waals surface area contributed by atoms with Gasteiger partial charge in [0.15, 0.2) is 0 Å². The molecule has 0 saturated carbocycles. The van der Waals surface area contributed by atoms with Crippen molar-refractivity contribution < 1.29 is 23.9 Å². The number of nitrogens with one attached hydrogen (secondary N) is 1. The highest BCUT2D eigenvalue weighted by atomic mass is 16.5. The molecule has 7 nitrogen and oxygen atoms in total. The topological polar surface area (TPSA) is 84.9 Å². The molecule has 0 saturated heterocycles. The summed E-state index contributed by atoms with van der Waals surface area (Å²) in [6, 6.07) is 12.0. The van der Waals surface area contributed by atoms with Crippen LogP contribution in [0.1, 0.15) is 40.1 Å². The first-order valence-corrected chi connectivity index (χ1v) is 9.40. The normalized spacial score (nSPS) is 10.2. The molecule has 7 heteroatoms. The van der Waals surface area contributed by atoms with E-state index < -0.39 is 11.9 Å². The first-order valence-electron chi connectivity index (χ1n) is 9.40. The average molecular weight is 398 g/mol. The van der Waals surface area contributed by atoms with Crippen molar-refractivity contribution in [2.75, 3.05) is 37.0 Å². The van der Waals surface area contributed by atoms with Gasteiger partial charge in [-0.15, -0.1) is 0 Å². The third-order valence-electron chi connectivity index (χ3n) is 4.37. The minimum absolute atomic E-state index is 0.0880. The lowest BCUT2D eigenvalue weighted by Gasteiger charge is -2.23. The number of carbonyl (C=O) groups is 3. The molecule has 154 valence electrons. The summed E-state index contributed by atoms with van der Waals surface area (Å²) in [5, 5.41) is 2.84. The molecule has 1 N–H and O–H groups in total. The number of anilines is 2. The van der Waals surface area contributed by atoms with Gasteiger partial charge in [0.05, 0.1) is 31.4 Å². The van der Waals surface area contributed by atoms with Crippen LogP contribution in [0.2, 0.25) is 0 Å². The molecule has 0 aliphatic carbocycles. The molecule has 2 aromatic carbocycles. The molecule has 0 aliphatic heterocycles. The van der Waals surface area contributed by atoms with E-state index in [2.05, 4.69) is 5.32 Å². The van der Waals surface area contributed by atoms with Gasteiger partial charge in [-0.2, -0.15) is 0 Å². The molecule has 0 radical (unpaired) electrons. The lowest BCUT2D eigenvalue weighted by Crippen LogP contribution is -2.33. The van der Waals surface area contributed by atoms with Crippen molar-refractivity contribution in [3.63, 3.8) is 0 Å². The van der Waals surface area contributed by atoms with Gasteiger partial charge >= 0.3 is 11.9 Å². The van der Waals surface area contributed by atoms with Crippen molar-refractivity contribution in [1.82, 2.24) is 0 Å². The van der Waals surface area contributed by atoms with Crippen molar-refractivity contribution in [3.8, 4) is 0 Å². The SMILES string of the molecule is CCOC(=O)c1cccc(N(CC)CC(=O)Nc2cc(C(=O)OC)ccc2C)c1. The predicted molar refractivity (Wildman–Crippen MR) is 111 cm³/mol.